The van der Waals surface area contributed by atoms with E-state index in [-0.39, 0.29) is 6.04 Å². The Balaban J connectivity index is 2.16. The summed E-state index contributed by atoms with van der Waals surface area (Å²) in [6.45, 7) is 2.06. The van der Waals surface area contributed by atoms with Gasteiger partial charge in [0.05, 0.1) is 22.3 Å². The van der Waals surface area contributed by atoms with E-state index in [1.165, 1.54) is 11.5 Å². The van der Waals surface area contributed by atoms with Crippen LogP contribution in [0.25, 0.3) is 0 Å². The van der Waals surface area contributed by atoms with E-state index in [1.54, 1.807) is 4.68 Å². The highest BCUT2D eigenvalue weighted by Crippen LogP contribution is 2.23. The molecule has 0 saturated carbocycles. The Kier molecular flexibility index (Phi) is 3.82. The molecule has 17 heavy (non-hydrogen) atoms. The third-order valence-corrected chi connectivity index (χ3v) is 3.50. The van der Waals surface area contributed by atoms with Crippen molar-refractivity contribution in [1.29, 1.82) is 0 Å². The molecule has 0 bridgehead atoms. The van der Waals surface area contributed by atoms with Gasteiger partial charge in [0.15, 0.2) is 0 Å². The van der Waals surface area contributed by atoms with Crippen LogP contribution in [0.5, 0.6) is 0 Å². The molecule has 0 fully saturated rings. The lowest BCUT2D eigenvalue weighted by molar-refractivity contribution is 0.544. The van der Waals surface area contributed by atoms with Crippen molar-refractivity contribution < 1.29 is 0 Å². The van der Waals surface area contributed by atoms with Crippen LogP contribution < -0.4 is 11.3 Å². The minimum absolute atomic E-state index is 0.0276. The molecule has 1 atom stereocenters. The number of nitrogens with two attached hydrogens (primary N) is 1. The standard InChI is InChI=1S/C10H16N6S/c1-3-8-10(17-15-13-8)9(12-11)6-7-4-5-16(2)14-7/h4-5,9,12H,3,6,11H2,1-2H3. The highest BCUT2D eigenvalue weighted by Gasteiger charge is 2.18. The lowest BCUT2D eigenvalue weighted by Crippen LogP contribution is -2.29. The molecule has 0 spiro atoms. The Morgan fingerprint density at radius 3 is 3.00 bits per heavy atom. The van der Waals surface area contributed by atoms with Crippen LogP contribution in [-0.2, 0) is 19.9 Å². The smallest absolute Gasteiger partial charge is 0.0801 e. The van der Waals surface area contributed by atoms with Gasteiger partial charge in [-0.05, 0) is 24.0 Å². The van der Waals surface area contributed by atoms with E-state index in [1.807, 2.05) is 19.3 Å². The molecule has 0 aliphatic heterocycles. The minimum Gasteiger partial charge on any atom is -0.276 e. The third-order valence-electron chi connectivity index (χ3n) is 2.62. The first kappa shape index (κ1) is 12.2. The molecule has 0 radical (unpaired) electrons. The second kappa shape index (κ2) is 5.35. The zero-order chi connectivity index (χ0) is 12.3. The van der Waals surface area contributed by atoms with Gasteiger partial charge in [-0.3, -0.25) is 16.0 Å². The third kappa shape index (κ3) is 2.68. The number of hydrazine groups is 1. The number of aryl methyl sites for hydroxylation is 2. The topological polar surface area (TPSA) is 81.7 Å². The van der Waals surface area contributed by atoms with Crippen molar-refractivity contribution in [2.24, 2.45) is 12.9 Å². The SMILES string of the molecule is CCc1nnsc1C(Cc1ccn(C)n1)NN. The van der Waals surface area contributed by atoms with Crippen LogP contribution in [0.2, 0.25) is 0 Å². The van der Waals surface area contributed by atoms with Gasteiger partial charge >= 0.3 is 0 Å². The fourth-order valence-electron chi connectivity index (χ4n) is 1.73. The predicted octanol–water partition coefficient (Wildman–Crippen LogP) is 0.581. The van der Waals surface area contributed by atoms with E-state index >= 15 is 0 Å². The molecule has 1 unspecified atom stereocenters. The Bertz CT molecular complexity index is 477. The maximum absolute atomic E-state index is 5.61. The minimum atomic E-state index is 0.0276. The van der Waals surface area contributed by atoms with Crippen molar-refractivity contribution >= 4 is 11.5 Å². The summed E-state index contributed by atoms with van der Waals surface area (Å²) in [4.78, 5) is 1.10. The van der Waals surface area contributed by atoms with Crippen LogP contribution in [0, 0.1) is 0 Å². The normalized spacial score (nSPS) is 12.9. The number of nitrogens with zero attached hydrogens (tertiary/aromatic N) is 4. The lowest BCUT2D eigenvalue weighted by atomic mass is 10.1. The van der Waals surface area contributed by atoms with Crippen molar-refractivity contribution in [2.75, 3.05) is 0 Å². The molecule has 2 rings (SSSR count). The summed E-state index contributed by atoms with van der Waals surface area (Å²) in [6.07, 6.45) is 3.54. The summed E-state index contributed by atoms with van der Waals surface area (Å²) in [7, 11) is 1.90. The monoisotopic (exact) mass is 252 g/mol. The van der Waals surface area contributed by atoms with Crippen LogP contribution in [0.4, 0.5) is 0 Å². The quantitative estimate of drug-likeness (QED) is 0.601. The molecule has 7 heteroatoms. The molecular formula is C10H16N6S. The summed E-state index contributed by atoms with van der Waals surface area (Å²) >= 11 is 1.39. The zero-order valence-electron chi connectivity index (χ0n) is 9.92. The Morgan fingerprint density at radius 1 is 1.59 bits per heavy atom. The molecule has 0 amide bonds. The fraction of sp³-hybridized carbons (Fsp3) is 0.500. The van der Waals surface area contributed by atoms with E-state index < -0.39 is 0 Å². The number of hydrogen-bond acceptors (Lipinski definition) is 6. The molecule has 0 aromatic carbocycles. The number of rotatable bonds is 5. The molecular weight excluding hydrogens is 236 g/mol. The first-order valence-corrected chi connectivity index (χ1v) is 6.27. The maximum atomic E-state index is 5.61. The molecule has 92 valence electrons. The molecule has 2 aromatic rings. The van der Waals surface area contributed by atoms with Gasteiger partial charge in [0.25, 0.3) is 0 Å². The maximum Gasteiger partial charge on any atom is 0.0801 e. The van der Waals surface area contributed by atoms with Gasteiger partial charge in [0.2, 0.25) is 0 Å². The summed E-state index contributed by atoms with van der Waals surface area (Å²) in [5.41, 5.74) is 4.83. The molecule has 0 saturated heterocycles. The summed E-state index contributed by atoms with van der Waals surface area (Å²) in [5.74, 6) is 5.61. The van der Waals surface area contributed by atoms with Crippen LogP contribution in [0.15, 0.2) is 12.3 Å². The van der Waals surface area contributed by atoms with Crippen molar-refractivity contribution in [3.63, 3.8) is 0 Å². The molecule has 2 heterocycles. The predicted molar refractivity (Wildman–Crippen MR) is 66.3 cm³/mol. The van der Waals surface area contributed by atoms with Gasteiger partial charge in [-0.1, -0.05) is 11.4 Å². The van der Waals surface area contributed by atoms with Crippen molar-refractivity contribution in [3.05, 3.63) is 28.5 Å². The second-order valence-electron chi connectivity index (χ2n) is 3.84. The number of hydrogen-bond donors (Lipinski definition) is 2. The number of aromatic nitrogens is 4. The van der Waals surface area contributed by atoms with Gasteiger partial charge in [-0.2, -0.15) is 5.10 Å². The van der Waals surface area contributed by atoms with Crippen LogP contribution in [0.3, 0.4) is 0 Å². The van der Waals surface area contributed by atoms with Gasteiger partial charge in [0, 0.05) is 19.7 Å². The van der Waals surface area contributed by atoms with E-state index in [2.05, 4.69) is 27.0 Å². The largest absolute Gasteiger partial charge is 0.276 e. The van der Waals surface area contributed by atoms with Crippen LogP contribution in [-0.4, -0.2) is 19.4 Å². The molecule has 2 aromatic heterocycles. The number of nitrogens with one attached hydrogen (secondary N) is 1. The van der Waals surface area contributed by atoms with Crippen molar-refractivity contribution in [3.8, 4) is 0 Å². The Hall–Kier alpha value is -1.31. The molecule has 6 nitrogen and oxygen atoms in total. The van der Waals surface area contributed by atoms with Crippen LogP contribution in [0.1, 0.15) is 29.2 Å². The Morgan fingerprint density at radius 2 is 2.41 bits per heavy atom. The van der Waals surface area contributed by atoms with E-state index in [0.29, 0.717) is 0 Å². The average Bonchev–Trinajstić information content (AvgIpc) is 2.94. The Labute approximate surface area is 104 Å². The second-order valence-corrected chi connectivity index (χ2v) is 4.63. The molecule has 0 aliphatic carbocycles. The van der Waals surface area contributed by atoms with Gasteiger partial charge < -0.3 is 0 Å². The summed E-state index contributed by atoms with van der Waals surface area (Å²) in [6, 6.07) is 2.02. The first-order valence-electron chi connectivity index (χ1n) is 5.50. The van der Waals surface area contributed by atoms with Gasteiger partial charge in [-0.25, -0.2) is 0 Å². The molecule has 3 N–H and O–H groups in total. The summed E-state index contributed by atoms with van der Waals surface area (Å²) < 4.78 is 5.77. The summed E-state index contributed by atoms with van der Waals surface area (Å²) in [5, 5.41) is 8.45. The first-order chi connectivity index (χ1) is 8.24. The van der Waals surface area contributed by atoms with Crippen LogP contribution >= 0.6 is 11.5 Å². The van der Waals surface area contributed by atoms with Crippen molar-refractivity contribution in [2.45, 2.75) is 25.8 Å². The van der Waals surface area contributed by atoms with Gasteiger partial charge in [-0.15, -0.1) is 5.10 Å². The molecule has 0 aliphatic rings. The highest BCUT2D eigenvalue weighted by molar-refractivity contribution is 7.05. The van der Waals surface area contributed by atoms with Crippen molar-refractivity contribution in [1.82, 2.24) is 24.8 Å². The van der Waals surface area contributed by atoms with E-state index in [0.717, 1.165) is 29.1 Å². The van der Waals surface area contributed by atoms with E-state index in [9.17, 15) is 0 Å². The fourth-order valence-corrected chi connectivity index (χ4v) is 2.53. The van der Waals surface area contributed by atoms with E-state index in [4.69, 9.17) is 5.84 Å². The average molecular weight is 252 g/mol. The zero-order valence-corrected chi connectivity index (χ0v) is 10.7. The lowest BCUT2D eigenvalue weighted by Gasteiger charge is -2.13. The highest BCUT2D eigenvalue weighted by atomic mass is 32.1. The van der Waals surface area contributed by atoms with Gasteiger partial charge in [0.1, 0.15) is 0 Å².